The number of benzene rings is 1. The Balaban J connectivity index is 2.11. The van der Waals surface area contributed by atoms with Gasteiger partial charge in [-0.15, -0.1) is 0 Å². The van der Waals surface area contributed by atoms with Crippen LogP contribution < -0.4 is 0 Å². The Bertz CT molecular complexity index is 1030. The molecular weight excluding hydrogens is 392 g/mol. The highest BCUT2D eigenvalue weighted by molar-refractivity contribution is 7.93. The molecule has 2 aromatic rings. The lowest BCUT2D eigenvalue weighted by Gasteiger charge is -2.26. The predicted octanol–water partition coefficient (Wildman–Crippen LogP) is 3.40. The Hall–Kier alpha value is -1.93. The van der Waals surface area contributed by atoms with Crippen molar-refractivity contribution in [3.63, 3.8) is 0 Å². The quantitative estimate of drug-likeness (QED) is 0.793. The summed E-state index contributed by atoms with van der Waals surface area (Å²) in [5.41, 5.74) is 1.22. The molecule has 0 amide bonds. The third-order valence-corrected chi connectivity index (χ3v) is 8.06. The molecule has 1 fully saturated rings. The molecule has 29 heavy (non-hydrogen) atoms. The second kappa shape index (κ2) is 7.40. The van der Waals surface area contributed by atoms with Crippen LogP contribution in [0.2, 0.25) is 0 Å². The average molecular weight is 423 g/mol. The van der Waals surface area contributed by atoms with E-state index in [4.69, 9.17) is 9.72 Å². The fourth-order valence-corrected chi connectivity index (χ4v) is 4.96. The molecule has 3 rings (SSSR count). The van der Waals surface area contributed by atoms with E-state index in [0.29, 0.717) is 11.4 Å². The van der Waals surface area contributed by atoms with Gasteiger partial charge in [0.2, 0.25) is 0 Å². The zero-order chi connectivity index (χ0) is 21.6. The van der Waals surface area contributed by atoms with Crippen molar-refractivity contribution >= 4 is 26.8 Å². The van der Waals surface area contributed by atoms with Crippen molar-refractivity contribution in [2.45, 2.75) is 69.1 Å². The second-order valence-electron chi connectivity index (χ2n) is 9.32. The maximum atomic E-state index is 12.9. The van der Waals surface area contributed by atoms with Gasteiger partial charge in [-0.25, -0.2) is 13.4 Å². The summed E-state index contributed by atoms with van der Waals surface area (Å²) in [6.45, 7) is 11.0. The van der Waals surface area contributed by atoms with Crippen molar-refractivity contribution in [3.05, 3.63) is 24.0 Å². The number of carboxylic acid groups (broad SMARTS) is 1. The summed E-state index contributed by atoms with van der Waals surface area (Å²) < 4.78 is 31.6. The van der Waals surface area contributed by atoms with Crippen LogP contribution in [-0.2, 0) is 31.3 Å². The number of sulfone groups is 1. The molecule has 0 spiro atoms. The van der Waals surface area contributed by atoms with Crippen LogP contribution in [0.4, 0.5) is 0 Å². The molecule has 1 aromatic heterocycles. The summed E-state index contributed by atoms with van der Waals surface area (Å²) in [5.74, 6) is 0.000613. The summed E-state index contributed by atoms with van der Waals surface area (Å²) in [6, 6.07) is 4.75. The van der Waals surface area contributed by atoms with Crippen molar-refractivity contribution in [1.29, 1.82) is 0 Å². The average Bonchev–Trinajstić information content (AvgIpc) is 3.00. The number of hydrogen-bond acceptors (Lipinski definition) is 5. The third kappa shape index (κ3) is 3.92. The van der Waals surface area contributed by atoms with E-state index >= 15 is 0 Å². The molecule has 8 heteroatoms. The number of nitrogens with zero attached hydrogens (tertiary/aromatic N) is 2. The number of aromatic nitrogens is 2. The number of ether oxygens (including phenoxy) is 1. The van der Waals surface area contributed by atoms with Crippen LogP contribution in [0.15, 0.2) is 23.1 Å². The molecule has 0 bridgehead atoms. The Kier molecular flexibility index (Phi) is 5.55. The summed E-state index contributed by atoms with van der Waals surface area (Å²) in [7, 11) is -4.06. The van der Waals surface area contributed by atoms with E-state index < -0.39 is 20.6 Å². The van der Waals surface area contributed by atoms with E-state index in [-0.39, 0.29) is 10.3 Å². The molecule has 0 saturated carbocycles. The molecule has 0 unspecified atom stereocenters. The van der Waals surface area contributed by atoms with E-state index in [1.807, 2.05) is 0 Å². The lowest BCUT2D eigenvalue weighted by atomic mass is 9.94. The summed E-state index contributed by atoms with van der Waals surface area (Å²) in [4.78, 5) is 16.3. The Morgan fingerprint density at radius 3 is 2.38 bits per heavy atom. The third-order valence-electron chi connectivity index (χ3n) is 5.67. The topological polar surface area (TPSA) is 98.5 Å². The first-order valence-electron chi connectivity index (χ1n) is 9.92. The normalized spacial score (nSPS) is 17.0. The highest BCUT2D eigenvalue weighted by atomic mass is 32.2. The number of fused-ring (bicyclic) bond motifs is 1. The number of carboxylic acids is 1. The Morgan fingerprint density at radius 1 is 1.21 bits per heavy atom. The van der Waals surface area contributed by atoms with Crippen molar-refractivity contribution in [3.8, 4) is 0 Å². The van der Waals surface area contributed by atoms with Gasteiger partial charge in [0, 0.05) is 25.2 Å². The highest BCUT2D eigenvalue weighted by Crippen LogP contribution is 2.32. The zero-order valence-corrected chi connectivity index (χ0v) is 18.5. The molecule has 1 aromatic carbocycles. The van der Waals surface area contributed by atoms with E-state index in [0.717, 1.165) is 43.9 Å². The molecule has 1 N–H and O–H groups in total. The number of carbonyl (C=O) groups is 1. The van der Waals surface area contributed by atoms with Gasteiger partial charge in [-0.3, -0.25) is 4.79 Å². The fourth-order valence-electron chi connectivity index (χ4n) is 3.63. The number of aliphatic carboxylic acids is 1. The largest absolute Gasteiger partial charge is 0.480 e. The van der Waals surface area contributed by atoms with Crippen molar-refractivity contribution < 1.29 is 23.1 Å². The first-order valence-corrected chi connectivity index (χ1v) is 11.4. The molecule has 0 radical (unpaired) electrons. The van der Waals surface area contributed by atoms with Gasteiger partial charge in [0.25, 0.3) is 0 Å². The summed E-state index contributed by atoms with van der Waals surface area (Å²) in [6.07, 6.45) is 1.98. The highest BCUT2D eigenvalue weighted by Gasteiger charge is 2.43. The van der Waals surface area contributed by atoms with Gasteiger partial charge in [0.05, 0.1) is 15.9 Å². The summed E-state index contributed by atoms with van der Waals surface area (Å²) in [5, 5.41) is 9.38. The predicted molar refractivity (Wildman–Crippen MR) is 111 cm³/mol. The van der Waals surface area contributed by atoms with E-state index in [1.54, 1.807) is 6.07 Å². The van der Waals surface area contributed by atoms with Crippen LogP contribution in [0.5, 0.6) is 0 Å². The van der Waals surface area contributed by atoms with E-state index in [1.165, 1.54) is 26.0 Å². The van der Waals surface area contributed by atoms with Crippen LogP contribution >= 0.6 is 0 Å². The van der Waals surface area contributed by atoms with Gasteiger partial charge in [-0.05, 0) is 50.8 Å². The van der Waals surface area contributed by atoms with E-state index in [2.05, 4.69) is 25.3 Å². The maximum Gasteiger partial charge on any atom is 0.324 e. The second-order valence-corrected chi connectivity index (χ2v) is 11.8. The molecular formula is C21H30N2O5S. The minimum absolute atomic E-state index is 0.0198. The first-order chi connectivity index (χ1) is 13.4. The van der Waals surface area contributed by atoms with Gasteiger partial charge in [0.1, 0.15) is 5.82 Å². The molecule has 2 heterocycles. The van der Waals surface area contributed by atoms with Gasteiger partial charge in [-0.1, -0.05) is 20.8 Å². The minimum Gasteiger partial charge on any atom is -0.480 e. The van der Waals surface area contributed by atoms with Gasteiger partial charge in [-0.2, -0.15) is 0 Å². The van der Waals surface area contributed by atoms with Gasteiger partial charge < -0.3 is 14.4 Å². The van der Waals surface area contributed by atoms with E-state index in [9.17, 15) is 18.3 Å². The minimum atomic E-state index is -4.06. The molecule has 1 saturated heterocycles. The van der Waals surface area contributed by atoms with Crippen LogP contribution in [-0.4, -0.2) is 47.0 Å². The molecule has 1 aliphatic heterocycles. The summed E-state index contributed by atoms with van der Waals surface area (Å²) >= 11 is 0. The first kappa shape index (κ1) is 21.8. The van der Waals surface area contributed by atoms with Crippen LogP contribution in [0.25, 0.3) is 11.0 Å². The maximum absolute atomic E-state index is 12.9. The molecule has 0 aliphatic carbocycles. The standard InChI is InChI=1S/C21H30N2O5S/c1-20(2,3)18-22-16-12-15(29(26,27)21(4,5)19(24)25)6-7-17(16)23(18)13-14-8-10-28-11-9-14/h6-7,12,14H,8-11,13H2,1-5H3,(H,24,25). The number of hydrogen-bond donors (Lipinski definition) is 1. The Morgan fingerprint density at radius 2 is 1.83 bits per heavy atom. The smallest absolute Gasteiger partial charge is 0.324 e. The number of rotatable bonds is 5. The molecule has 0 atom stereocenters. The molecule has 1 aliphatic rings. The van der Waals surface area contributed by atoms with Crippen molar-refractivity contribution in [2.75, 3.05) is 13.2 Å². The molecule has 7 nitrogen and oxygen atoms in total. The number of imidazole rings is 1. The lowest BCUT2D eigenvalue weighted by Crippen LogP contribution is -2.40. The van der Waals surface area contributed by atoms with Crippen LogP contribution in [0.3, 0.4) is 0 Å². The molecule has 160 valence electrons. The van der Waals surface area contributed by atoms with Gasteiger partial charge in [0.15, 0.2) is 14.6 Å². The van der Waals surface area contributed by atoms with Crippen LogP contribution in [0, 0.1) is 5.92 Å². The Labute approximate surface area is 172 Å². The SMILES string of the molecule is CC(C)(C)c1nc2cc(S(=O)(=O)C(C)(C)C(=O)O)ccc2n1CC1CCOCC1. The van der Waals surface area contributed by atoms with Gasteiger partial charge >= 0.3 is 5.97 Å². The monoisotopic (exact) mass is 422 g/mol. The van der Waals surface area contributed by atoms with Crippen molar-refractivity contribution in [1.82, 2.24) is 9.55 Å². The zero-order valence-electron chi connectivity index (χ0n) is 17.7. The van der Waals surface area contributed by atoms with Crippen molar-refractivity contribution in [2.24, 2.45) is 5.92 Å². The fraction of sp³-hybridized carbons (Fsp3) is 0.619. The van der Waals surface area contributed by atoms with Crippen LogP contribution in [0.1, 0.15) is 53.3 Å². The lowest BCUT2D eigenvalue weighted by molar-refractivity contribution is -0.139.